The molecule has 1 heterocycles. The number of aliphatic carboxylic acids is 1. The maximum absolute atomic E-state index is 10.7. The second-order valence-electron chi connectivity index (χ2n) is 5.56. The molecule has 1 saturated heterocycles. The summed E-state index contributed by atoms with van der Waals surface area (Å²) < 4.78 is 1.05. The van der Waals surface area contributed by atoms with Crippen molar-refractivity contribution in [1.82, 2.24) is 4.90 Å². The van der Waals surface area contributed by atoms with Crippen molar-refractivity contribution >= 4 is 21.9 Å². The first-order valence-electron chi connectivity index (χ1n) is 6.92. The topological polar surface area (TPSA) is 66.6 Å². The summed E-state index contributed by atoms with van der Waals surface area (Å²) in [6.07, 6.45) is 2.28. The Morgan fingerprint density at radius 3 is 2.70 bits per heavy atom. The van der Waals surface area contributed by atoms with E-state index in [1.807, 2.05) is 12.1 Å². The second-order valence-corrected chi connectivity index (χ2v) is 6.42. The molecule has 0 saturated carbocycles. The van der Waals surface area contributed by atoms with Crippen LogP contribution in [0.3, 0.4) is 0 Å². The van der Waals surface area contributed by atoms with Gasteiger partial charge in [-0.3, -0.25) is 4.79 Å². The van der Waals surface area contributed by atoms with Gasteiger partial charge in [0.25, 0.3) is 0 Å². The summed E-state index contributed by atoms with van der Waals surface area (Å²) in [6, 6.07) is 5.58. The quantitative estimate of drug-likeness (QED) is 0.884. The molecule has 0 aromatic heterocycles. The van der Waals surface area contributed by atoms with E-state index in [4.69, 9.17) is 10.8 Å². The molecule has 0 amide bonds. The summed E-state index contributed by atoms with van der Waals surface area (Å²) in [7, 11) is 2.15. The molecule has 0 aliphatic carbocycles. The van der Waals surface area contributed by atoms with Crippen LogP contribution in [-0.2, 0) is 4.79 Å². The third-order valence-corrected chi connectivity index (χ3v) is 4.69. The minimum absolute atomic E-state index is 0.0417. The van der Waals surface area contributed by atoms with Gasteiger partial charge in [-0.25, -0.2) is 0 Å². The standard InChI is InChI=1S/C15H21BrN2O2/c1-18-6-4-10(5-7-18)12-3-2-11(8-13(12)16)14(17)9-15(19)20/h2-3,8,10,14H,4-7,9,17H2,1H3,(H,19,20). The van der Waals surface area contributed by atoms with Gasteiger partial charge in [-0.05, 0) is 56.1 Å². The Kier molecular flexibility index (Phi) is 5.18. The molecule has 1 aliphatic heterocycles. The van der Waals surface area contributed by atoms with E-state index in [0.717, 1.165) is 36.0 Å². The fourth-order valence-corrected chi connectivity index (χ4v) is 3.45. The zero-order valence-electron chi connectivity index (χ0n) is 11.7. The SMILES string of the molecule is CN1CCC(c2ccc(C(N)CC(=O)O)cc2Br)CC1. The predicted octanol–water partition coefficient (Wildman–Crippen LogP) is 2.73. The van der Waals surface area contributed by atoms with Gasteiger partial charge < -0.3 is 15.7 Å². The summed E-state index contributed by atoms with van der Waals surface area (Å²) >= 11 is 3.62. The van der Waals surface area contributed by atoms with Crippen LogP contribution in [-0.4, -0.2) is 36.1 Å². The van der Waals surface area contributed by atoms with Crippen LogP contribution in [0.4, 0.5) is 0 Å². The molecule has 0 spiro atoms. The smallest absolute Gasteiger partial charge is 0.305 e. The van der Waals surface area contributed by atoms with Crippen molar-refractivity contribution in [2.45, 2.75) is 31.2 Å². The van der Waals surface area contributed by atoms with Crippen molar-refractivity contribution in [1.29, 1.82) is 0 Å². The molecule has 1 unspecified atom stereocenters. The van der Waals surface area contributed by atoms with E-state index in [1.54, 1.807) is 0 Å². The maximum atomic E-state index is 10.7. The third kappa shape index (κ3) is 3.81. The Labute approximate surface area is 128 Å². The molecule has 1 aromatic rings. The van der Waals surface area contributed by atoms with E-state index in [1.165, 1.54) is 5.56 Å². The van der Waals surface area contributed by atoms with Crippen LogP contribution in [0.1, 0.15) is 42.3 Å². The maximum Gasteiger partial charge on any atom is 0.305 e. The first kappa shape index (κ1) is 15.5. The van der Waals surface area contributed by atoms with Gasteiger partial charge in [0.2, 0.25) is 0 Å². The lowest BCUT2D eigenvalue weighted by Gasteiger charge is -2.30. The monoisotopic (exact) mass is 340 g/mol. The van der Waals surface area contributed by atoms with E-state index < -0.39 is 12.0 Å². The molecule has 1 aromatic carbocycles. The van der Waals surface area contributed by atoms with Gasteiger partial charge in [0.15, 0.2) is 0 Å². The highest BCUT2D eigenvalue weighted by Crippen LogP contribution is 2.34. The Hall–Kier alpha value is -0.910. The minimum atomic E-state index is -0.868. The molecule has 3 N–H and O–H groups in total. The number of piperidine rings is 1. The van der Waals surface area contributed by atoms with Crippen LogP contribution in [0.15, 0.2) is 22.7 Å². The van der Waals surface area contributed by atoms with Crippen molar-refractivity contribution < 1.29 is 9.90 Å². The molecular formula is C15H21BrN2O2. The van der Waals surface area contributed by atoms with Crippen molar-refractivity contribution in [3.8, 4) is 0 Å². The zero-order valence-corrected chi connectivity index (χ0v) is 13.3. The number of hydrogen-bond donors (Lipinski definition) is 2. The fourth-order valence-electron chi connectivity index (χ4n) is 2.73. The van der Waals surface area contributed by atoms with E-state index in [9.17, 15) is 4.79 Å². The minimum Gasteiger partial charge on any atom is -0.481 e. The lowest BCUT2D eigenvalue weighted by Crippen LogP contribution is -2.29. The van der Waals surface area contributed by atoms with Gasteiger partial charge in [0.05, 0.1) is 6.42 Å². The van der Waals surface area contributed by atoms with E-state index in [-0.39, 0.29) is 6.42 Å². The van der Waals surface area contributed by atoms with Crippen LogP contribution >= 0.6 is 15.9 Å². The van der Waals surface area contributed by atoms with Crippen LogP contribution in [0.2, 0.25) is 0 Å². The van der Waals surface area contributed by atoms with Crippen LogP contribution < -0.4 is 5.73 Å². The van der Waals surface area contributed by atoms with Gasteiger partial charge in [0, 0.05) is 10.5 Å². The van der Waals surface area contributed by atoms with Crippen LogP contribution in [0.25, 0.3) is 0 Å². The number of carboxylic acid groups (broad SMARTS) is 1. The highest BCUT2D eigenvalue weighted by molar-refractivity contribution is 9.10. The number of hydrogen-bond acceptors (Lipinski definition) is 3. The van der Waals surface area contributed by atoms with Gasteiger partial charge in [-0.15, -0.1) is 0 Å². The highest BCUT2D eigenvalue weighted by atomic mass is 79.9. The molecule has 0 radical (unpaired) electrons. The lowest BCUT2D eigenvalue weighted by atomic mass is 9.88. The average molecular weight is 341 g/mol. The summed E-state index contributed by atoms with van der Waals surface area (Å²) in [4.78, 5) is 13.1. The molecule has 20 heavy (non-hydrogen) atoms. The average Bonchev–Trinajstić information content (AvgIpc) is 2.39. The molecule has 1 fully saturated rings. The Morgan fingerprint density at radius 1 is 1.50 bits per heavy atom. The largest absolute Gasteiger partial charge is 0.481 e. The Bertz CT molecular complexity index is 485. The van der Waals surface area contributed by atoms with Gasteiger partial charge >= 0.3 is 5.97 Å². The summed E-state index contributed by atoms with van der Waals surface area (Å²) in [5, 5.41) is 8.80. The molecule has 2 rings (SSSR count). The van der Waals surface area contributed by atoms with E-state index in [0.29, 0.717) is 5.92 Å². The van der Waals surface area contributed by atoms with Crippen molar-refractivity contribution in [2.24, 2.45) is 5.73 Å². The Balaban J connectivity index is 2.11. The number of halogens is 1. The van der Waals surface area contributed by atoms with Gasteiger partial charge in [0.1, 0.15) is 0 Å². The van der Waals surface area contributed by atoms with Crippen molar-refractivity contribution in [3.63, 3.8) is 0 Å². The molecule has 0 bridgehead atoms. The predicted molar refractivity (Wildman–Crippen MR) is 82.8 cm³/mol. The highest BCUT2D eigenvalue weighted by Gasteiger charge is 2.21. The van der Waals surface area contributed by atoms with Crippen molar-refractivity contribution in [2.75, 3.05) is 20.1 Å². The molecule has 1 aliphatic rings. The zero-order chi connectivity index (χ0) is 14.7. The summed E-state index contributed by atoms with van der Waals surface area (Å²) in [5.41, 5.74) is 8.08. The second kappa shape index (κ2) is 6.70. The van der Waals surface area contributed by atoms with E-state index in [2.05, 4.69) is 33.9 Å². The number of carbonyl (C=O) groups is 1. The number of nitrogens with zero attached hydrogens (tertiary/aromatic N) is 1. The molecule has 1 atom stereocenters. The number of nitrogens with two attached hydrogens (primary N) is 1. The van der Waals surface area contributed by atoms with Crippen LogP contribution in [0.5, 0.6) is 0 Å². The number of likely N-dealkylation sites (tertiary alicyclic amines) is 1. The molecule has 110 valence electrons. The van der Waals surface area contributed by atoms with E-state index >= 15 is 0 Å². The Morgan fingerprint density at radius 2 is 2.15 bits per heavy atom. The number of benzene rings is 1. The summed E-state index contributed by atoms with van der Waals surface area (Å²) in [6.45, 7) is 2.24. The fraction of sp³-hybridized carbons (Fsp3) is 0.533. The molecule has 4 nitrogen and oxygen atoms in total. The van der Waals surface area contributed by atoms with Crippen molar-refractivity contribution in [3.05, 3.63) is 33.8 Å². The molecule has 5 heteroatoms. The normalized spacial score (nSPS) is 18.9. The van der Waals surface area contributed by atoms with Crippen LogP contribution in [0, 0.1) is 0 Å². The lowest BCUT2D eigenvalue weighted by molar-refractivity contribution is -0.137. The molecular weight excluding hydrogens is 320 g/mol. The number of carboxylic acids is 1. The van der Waals surface area contributed by atoms with Gasteiger partial charge in [-0.1, -0.05) is 28.1 Å². The number of rotatable bonds is 4. The first-order valence-corrected chi connectivity index (χ1v) is 7.72. The summed E-state index contributed by atoms with van der Waals surface area (Å²) in [5.74, 6) is -0.293. The van der Waals surface area contributed by atoms with Gasteiger partial charge in [-0.2, -0.15) is 0 Å². The third-order valence-electron chi connectivity index (χ3n) is 4.01. The first-order chi connectivity index (χ1) is 9.47.